The maximum absolute atomic E-state index is 13.4. The lowest BCUT2D eigenvalue weighted by Crippen LogP contribution is -2.17. The van der Waals surface area contributed by atoms with E-state index >= 15 is 0 Å². The van der Waals surface area contributed by atoms with Crippen LogP contribution in [0.4, 0.5) is 8.78 Å². The first-order valence-electron chi connectivity index (χ1n) is 5.78. The zero-order valence-corrected chi connectivity index (χ0v) is 9.72. The van der Waals surface area contributed by atoms with Gasteiger partial charge < -0.3 is 9.73 Å². The number of hydrogen-bond donors (Lipinski definition) is 1. The normalized spacial score (nSPS) is 11.2. The van der Waals surface area contributed by atoms with Gasteiger partial charge in [-0.05, 0) is 37.6 Å². The van der Waals surface area contributed by atoms with Crippen LogP contribution in [0, 0.1) is 11.6 Å². The van der Waals surface area contributed by atoms with Gasteiger partial charge in [-0.1, -0.05) is 6.92 Å². The van der Waals surface area contributed by atoms with Crippen molar-refractivity contribution in [1.82, 2.24) is 5.32 Å². The van der Waals surface area contributed by atoms with Crippen LogP contribution < -0.4 is 5.32 Å². The molecule has 0 atom stereocenters. The molecule has 1 aromatic heterocycles. The van der Waals surface area contributed by atoms with E-state index in [0.717, 1.165) is 31.1 Å². The fourth-order valence-electron chi connectivity index (χ4n) is 1.83. The van der Waals surface area contributed by atoms with E-state index in [2.05, 4.69) is 12.2 Å². The summed E-state index contributed by atoms with van der Waals surface area (Å²) in [4.78, 5) is 0. The minimum absolute atomic E-state index is 0.136. The summed E-state index contributed by atoms with van der Waals surface area (Å²) < 4.78 is 31.6. The second kappa shape index (κ2) is 5.27. The molecule has 1 aromatic carbocycles. The Kier molecular flexibility index (Phi) is 3.74. The molecular weight excluding hydrogens is 224 g/mol. The highest BCUT2D eigenvalue weighted by Gasteiger charge is 2.11. The van der Waals surface area contributed by atoms with E-state index in [1.54, 1.807) is 0 Å². The Hall–Kier alpha value is -1.42. The van der Waals surface area contributed by atoms with Gasteiger partial charge >= 0.3 is 0 Å². The van der Waals surface area contributed by atoms with E-state index in [4.69, 9.17) is 4.42 Å². The molecule has 1 N–H and O–H groups in total. The van der Waals surface area contributed by atoms with Crippen LogP contribution >= 0.6 is 0 Å². The van der Waals surface area contributed by atoms with Crippen LogP contribution in [0.2, 0.25) is 0 Å². The van der Waals surface area contributed by atoms with Crippen LogP contribution in [0.15, 0.2) is 22.8 Å². The maximum Gasteiger partial charge on any atom is 0.169 e. The fraction of sp³-hybridized carbons (Fsp3) is 0.385. The van der Waals surface area contributed by atoms with Crippen molar-refractivity contribution < 1.29 is 13.2 Å². The molecule has 0 spiro atoms. The van der Waals surface area contributed by atoms with Crippen LogP contribution in [-0.2, 0) is 6.42 Å². The first kappa shape index (κ1) is 12.0. The van der Waals surface area contributed by atoms with Crippen molar-refractivity contribution >= 4 is 11.0 Å². The van der Waals surface area contributed by atoms with Gasteiger partial charge in [-0.2, -0.15) is 0 Å². The Morgan fingerprint density at radius 3 is 2.82 bits per heavy atom. The largest absolute Gasteiger partial charge is 0.461 e. The minimum atomic E-state index is -0.646. The van der Waals surface area contributed by atoms with Crippen LogP contribution in [0.25, 0.3) is 11.0 Å². The third-order valence-electron chi connectivity index (χ3n) is 2.67. The van der Waals surface area contributed by atoms with Crippen molar-refractivity contribution in [2.45, 2.75) is 19.8 Å². The molecule has 0 saturated carbocycles. The highest BCUT2D eigenvalue weighted by Crippen LogP contribution is 2.25. The smallest absolute Gasteiger partial charge is 0.169 e. The summed E-state index contributed by atoms with van der Waals surface area (Å²) in [6.07, 6.45) is 3.27. The standard InChI is InChI=1S/C13H15F2NO/c1-2-4-16-5-3-9-8-17-13-11(9)6-10(14)7-12(13)15/h6-8,16H,2-5H2,1H3. The lowest BCUT2D eigenvalue weighted by Gasteiger charge is -2.01. The van der Waals surface area contributed by atoms with E-state index in [0.29, 0.717) is 11.8 Å². The molecule has 0 fully saturated rings. The van der Waals surface area contributed by atoms with Gasteiger partial charge in [-0.15, -0.1) is 0 Å². The van der Waals surface area contributed by atoms with E-state index < -0.39 is 11.6 Å². The molecule has 0 bridgehead atoms. The Morgan fingerprint density at radius 2 is 2.06 bits per heavy atom. The number of rotatable bonds is 5. The number of fused-ring (bicyclic) bond motifs is 1. The van der Waals surface area contributed by atoms with Gasteiger partial charge in [0, 0.05) is 11.5 Å². The van der Waals surface area contributed by atoms with Gasteiger partial charge in [0.05, 0.1) is 6.26 Å². The lowest BCUT2D eigenvalue weighted by atomic mass is 10.1. The molecule has 0 aliphatic carbocycles. The third-order valence-corrected chi connectivity index (χ3v) is 2.67. The van der Waals surface area contributed by atoms with Crippen LogP contribution in [0.5, 0.6) is 0 Å². The third kappa shape index (κ3) is 2.64. The summed E-state index contributed by atoms with van der Waals surface area (Å²) in [5.74, 6) is -1.22. The Bertz CT molecular complexity index is 507. The van der Waals surface area contributed by atoms with E-state index in [1.807, 2.05) is 0 Å². The fourth-order valence-corrected chi connectivity index (χ4v) is 1.83. The van der Waals surface area contributed by atoms with Crippen molar-refractivity contribution in [3.63, 3.8) is 0 Å². The average Bonchev–Trinajstić information content (AvgIpc) is 2.68. The Balaban J connectivity index is 2.18. The molecule has 2 aromatic rings. The number of benzene rings is 1. The number of halogens is 2. The zero-order valence-electron chi connectivity index (χ0n) is 9.72. The molecule has 2 nitrogen and oxygen atoms in total. The van der Waals surface area contributed by atoms with Crippen LogP contribution in [0.3, 0.4) is 0 Å². The Morgan fingerprint density at radius 1 is 1.24 bits per heavy atom. The van der Waals surface area contributed by atoms with Gasteiger partial charge in [0.1, 0.15) is 5.82 Å². The number of hydrogen-bond acceptors (Lipinski definition) is 2. The van der Waals surface area contributed by atoms with Crippen molar-refractivity contribution in [1.29, 1.82) is 0 Å². The summed E-state index contributed by atoms with van der Waals surface area (Å²) in [5.41, 5.74) is 0.971. The maximum atomic E-state index is 13.4. The van der Waals surface area contributed by atoms with Gasteiger partial charge in [0.25, 0.3) is 0 Å². The number of nitrogens with one attached hydrogen (secondary N) is 1. The molecule has 17 heavy (non-hydrogen) atoms. The minimum Gasteiger partial charge on any atom is -0.461 e. The summed E-state index contributed by atoms with van der Waals surface area (Å²) in [5, 5.41) is 3.77. The molecule has 2 rings (SSSR count). The molecule has 0 aliphatic heterocycles. The van der Waals surface area contributed by atoms with Crippen molar-refractivity contribution in [3.05, 3.63) is 35.6 Å². The second-order valence-corrected chi connectivity index (χ2v) is 4.03. The van der Waals surface area contributed by atoms with Crippen LogP contribution in [0.1, 0.15) is 18.9 Å². The predicted molar refractivity (Wildman–Crippen MR) is 63.0 cm³/mol. The molecular formula is C13H15F2NO. The molecule has 0 amide bonds. The molecule has 4 heteroatoms. The van der Waals surface area contributed by atoms with E-state index in [9.17, 15) is 8.78 Å². The molecule has 92 valence electrons. The van der Waals surface area contributed by atoms with Gasteiger partial charge in [-0.25, -0.2) is 8.78 Å². The predicted octanol–water partition coefficient (Wildman–Crippen LogP) is 3.25. The van der Waals surface area contributed by atoms with Crippen molar-refractivity contribution in [2.24, 2.45) is 0 Å². The summed E-state index contributed by atoms with van der Waals surface area (Å²) in [7, 11) is 0. The van der Waals surface area contributed by atoms with Gasteiger partial charge in [-0.3, -0.25) is 0 Å². The molecule has 0 aliphatic rings. The molecule has 0 radical (unpaired) electrons. The van der Waals surface area contributed by atoms with Crippen LogP contribution in [-0.4, -0.2) is 13.1 Å². The zero-order chi connectivity index (χ0) is 12.3. The summed E-state index contributed by atoms with van der Waals surface area (Å²) >= 11 is 0. The molecule has 1 heterocycles. The highest BCUT2D eigenvalue weighted by atomic mass is 19.1. The average molecular weight is 239 g/mol. The van der Waals surface area contributed by atoms with Crippen molar-refractivity contribution in [2.75, 3.05) is 13.1 Å². The highest BCUT2D eigenvalue weighted by molar-refractivity contribution is 5.81. The molecule has 0 unspecified atom stereocenters. The quantitative estimate of drug-likeness (QED) is 0.810. The Labute approximate surface area is 98.6 Å². The van der Waals surface area contributed by atoms with Crippen molar-refractivity contribution in [3.8, 4) is 0 Å². The monoisotopic (exact) mass is 239 g/mol. The second-order valence-electron chi connectivity index (χ2n) is 4.03. The van der Waals surface area contributed by atoms with E-state index in [1.165, 1.54) is 12.3 Å². The SMILES string of the molecule is CCCNCCc1coc2c(F)cc(F)cc12. The van der Waals surface area contributed by atoms with E-state index in [-0.39, 0.29) is 5.58 Å². The first-order chi connectivity index (χ1) is 8.22. The van der Waals surface area contributed by atoms with Gasteiger partial charge in [0.2, 0.25) is 0 Å². The topological polar surface area (TPSA) is 25.2 Å². The summed E-state index contributed by atoms with van der Waals surface area (Å²) in [6.45, 7) is 3.81. The van der Waals surface area contributed by atoms with Gasteiger partial charge in [0.15, 0.2) is 11.4 Å². The molecule has 0 saturated heterocycles. The summed E-state index contributed by atoms with van der Waals surface area (Å²) in [6, 6.07) is 2.15. The number of furan rings is 1. The lowest BCUT2D eigenvalue weighted by molar-refractivity contribution is 0.545. The first-order valence-corrected chi connectivity index (χ1v) is 5.78.